The van der Waals surface area contributed by atoms with Gasteiger partial charge in [0.2, 0.25) is 11.7 Å². The van der Waals surface area contributed by atoms with Gasteiger partial charge in [-0.05, 0) is 12.1 Å². The number of nitrogens with one attached hydrogen (secondary N) is 1. The van der Waals surface area contributed by atoms with Gasteiger partial charge in [-0.2, -0.15) is 4.39 Å². The molecule has 0 fully saturated rings. The average molecular weight is 258 g/mol. The lowest BCUT2D eigenvalue weighted by molar-refractivity contribution is 0.385. The first-order chi connectivity index (χ1) is 8.41. The minimum atomic E-state index is -1.60. The van der Waals surface area contributed by atoms with Crippen LogP contribution in [0.3, 0.4) is 0 Å². The molecule has 0 bridgehead atoms. The minimum Gasteiger partial charge on any atom is -0.492 e. The van der Waals surface area contributed by atoms with E-state index in [4.69, 9.17) is 0 Å². The Kier molecular flexibility index (Phi) is 2.70. The molecule has 0 radical (unpaired) electrons. The third-order valence-electron chi connectivity index (χ3n) is 2.19. The highest BCUT2D eigenvalue weighted by Gasteiger charge is 2.16. The molecule has 2 N–H and O–H groups in total. The summed E-state index contributed by atoms with van der Waals surface area (Å²) in [6, 6.07) is 2.21. The van der Waals surface area contributed by atoms with Gasteiger partial charge < -0.3 is 5.11 Å². The number of aromatic amines is 1. The van der Waals surface area contributed by atoms with E-state index in [9.17, 15) is 27.9 Å². The minimum absolute atomic E-state index is 0.305. The second-order valence-corrected chi connectivity index (χ2v) is 3.33. The number of halogens is 3. The van der Waals surface area contributed by atoms with Gasteiger partial charge in [-0.1, -0.05) is 0 Å². The Bertz CT molecular complexity index is 736. The summed E-state index contributed by atoms with van der Waals surface area (Å²) in [7, 11) is 0. The number of hydrogen-bond donors (Lipinski definition) is 2. The van der Waals surface area contributed by atoms with Crippen molar-refractivity contribution in [3.8, 4) is 11.6 Å². The maximum Gasteiger partial charge on any atom is 0.335 e. The van der Waals surface area contributed by atoms with Crippen molar-refractivity contribution in [3.05, 3.63) is 56.5 Å². The van der Waals surface area contributed by atoms with Crippen molar-refractivity contribution in [2.45, 2.75) is 0 Å². The molecule has 1 heterocycles. The Labute approximate surface area is 96.8 Å². The van der Waals surface area contributed by atoms with Crippen LogP contribution in [-0.2, 0) is 0 Å². The molecule has 0 atom stereocenters. The fourth-order valence-corrected chi connectivity index (χ4v) is 1.37. The van der Waals surface area contributed by atoms with E-state index >= 15 is 0 Å². The van der Waals surface area contributed by atoms with Crippen LogP contribution in [0.25, 0.3) is 5.69 Å². The van der Waals surface area contributed by atoms with Gasteiger partial charge in [0, 0.05) is 6.07 Å². The number of H-pyrrole nitrogens is 1. The van der Waals surface area contributed by atoms with Crippen LogP contribution in [-0.4, -0.2) is 14.7 Å². The van der Waals surface area contributed by atoms with Crippen molar-refractivity contribution < 1.29 is 18.3 Å². The molecule has 18 heavy (non-hydrogen) atoms. The summed E-state index contributed by atoms with van der Waals surface area (Å²) < 4.78 is 39.1. The van der Waals surface area contributed by atoms with Gasteiger partial charge in [0.15, 0.2) is 11.6 Å². The van der Waals surface area contributed by atoms with E-state index < -0.39 is 34.6 Å². The highest BCUT2D eigenvalue weighted by Crippen LogP contribution is 2.17. The summed E-state index contributed by atoms with van der Waals surface area (Å²) in [5.41, 5.74) is -2.91. The summed E-state index contributed by atoms with van der Waals surface area (Å²) in [6.45, 7) is 0. The van der Waals surface area contributed by atoms with Crippen LogP contribution in [0.1, 0.15) is 0 Å². The van der Waals surface area contributed by atoms with Crippen molar-refractivity contribution in [1.29, 1.82) is 0 Å². The molecular formula is C10H5F3N2O3. The Morgan fingerprint density at radius 1 is 1.11 bits per heavy atom. The second kappa shape index (κ2) is 4.06. The van der Waals surface area contributed by atoms with E-state index in [2.05, 4.69) is 0 Å². The van der Waals surface area contributed by atoms with Crippen molar-refractivity contribution in [1.82, 2.24) is 9.55 Å². The lowest BCUT2D eigenvalue weighted by atomic mass is 10.3. The van der Waals surface area contributed by atoms with Crippen LogP contribution in [0.5, 0.6) is 5.88 Å². The Balaban J connectivity index is 2.79. The van der Waals surface area contributed by atoms with Crippen molar-refractivity contribution in [3.63, 3.8) is 0 Å². The largest absolute Gasteiger partial charge is 0.492 e. The zero-order valence-corrected chi connectivity index (χ0v) is 8.58. The summed E-state index contributed by atoms with van der Waals surface area (Å²) in [5, 5.41) is 9.32. The van der Waals surface area contributed by atoms with Gasteiger partial charge in [-0.25, -0.2) is 18.1 Å². The predicted octanol–water partition coefficient (Wildman–Crippen LogP) is 0.649. The SMILES string of the molecule is O=c1[nH]c(=O)n(-c2ccc(F)c(F)c2)c(O)c1F. The third-order valence-corrected chi connectivity index (χ3v) is 2.19. The second-order valence-electron chi connectivity index (χ2n) is 3.33. The van der Waals surface area contributed by atoms with Gasteiger partial charge in [0.05, 0.1) is 5.69 Å². The highest BCUT2D eigenvalue weighted by atomic mass is 19.2. The molecule has 8 heteroatoms. The van der Waals surface area contributed by atoms with E-state index in [0.717, 1.165) is 6.07 Å². The molecule has 0 unspecified atom stereocenters. The first-order valence-electron chi connectivity index (χ1n) is 4.61. The lowest BCUT2D eigenvalue weighted by Gasteiger charge is -2.08. The van der Waals surface area contributed by atoms with E-state index in [0.29, 0.717) is 16.7 Å². The summed E-state index contributed by atoms with van der Waals surface area (Å²) in [6.07, 6.45) is 0. The first kappa shape index (κ1) is 12.0. The molecule has 0 spiro atoms. The molecule has 2 aromatic rings. The number of benzene rings is 1. The smallest absolute Gasteiger partial charge is 0.335 e. The van der Waals surface area contributed by atoms with Crippen LogP contribution in [0, 0.1) is 17.5 Å². The zero-order chi connectivity index (χ0) is 13.4. The standard InChI is InChI=1S/C10H5F3N2O3/c11-5-2-1-4(3-6(5)12)15-9(17)7(13)8(16)14-10(15)18/h1-3,17H,(H,14,16,18). The topological polar surface area (TPSA) is 75.1 Å². The number of hydrogen-bond acceptors (Lipinski definition) is 3. The number of aromatic nitrogens is 2. The van der Waals surface area contributed by atoms with E-state index in [-0.39, 0.29) is 5.69 Å². The van der Waals surface area contributed by atoms with Crippen LogP contribution in [0.4, 0.5) is 13.2 Å². The Morgan fingerprint density at radius 3 is 2.39 bits per heavy atom. The van der Waals surface area contributed by atoms with Gasteiger partial charge in [-0.15, -0.1) is 0 Å². The molecule has 0 saturated heterocycles. The normalized spacial score (nSPS) is 10.6. The monoisotopic (exact) mass is 258 g/mol. The number of nitrogens with zero attached hydrogens (tertiary/aromatic N) is 1. The Morgan fingerprint density at radius 2 is 1.78 bits per heavy atom. The maximum atomic E-state index is 13.1. The molecule has 2 rings (SSSR count). The highest BCUT2D eigenvalue weighted by molar-refractivity contribution is 5.36. The van der Waals surface area contributed by atoms with Gasteiger partial charge in [0.25, 0.3) is 5.56 Å². The number of aromatic hydroxyl groups is 1. The molecule has 0 saturated carbocycles. The van der Waals surface area contributed by atoms with Gasteiger partial charge >= 0.3 is 5.69 Å². The molecule has 5 nitrogen and oxygen atoms in total. The lowest BCUT2D eigenvalue weighted by Crippen LogP contribution is -2.31. The van der Waals surface area contributed by atoms with Crippen molar-refractivity contribution in [2.24, 2.45) is 0 Å². The van der Waals surface area contributed by atoms with Gasteiger partial charge in [0.1, 0.15) is 0 Å². The molecule has 94 valence electrons. The quantitative estimate of drug-likeness (QED) is 0.788. The van der Waals surface area contributed by atoms with E-state index in [1.54, 1.807) is 4.98 Å². The summed E-state index contributed by atoms with van der Waals surface area (Å²) in [4.78, 5) is 23.8. The fraction of sp³-hybridized carbons (Fsp3) is 0. The predicted molar refractivity (Wildman–Crippen MR) is 54.2 cm³/mol. The Hall–Kier alpha value is -2.51. The zero-order valence-electron chi connectivity index (χ0n) is 8.58. The maximum absolute atomic E-state index is 13.1. The third kappa shape index (κ3) is 1.77. The van der Waals surface area contributed by atoms with Crippen LogP contribution in [0.15, 0.2) is 27.8 Å². The molecule has 0 aliphatic carbocycles. The summed E-state index contributed by atoms with van der Waals surface area (Å²) in [5.74, 6) is -5.34. The van der Waals surface area contributed by atoms with Crippen LogP contribution in [0.2, 0.25) is 0 Å². The summed E-state index contributed by atoms with van der Waals surface area (Å²) >= 11 is 0. The molecule has 1 aromatic heterocycles. The van der Waals surface area contributed by atoms with Crippen molar-refractivity contribution in [2.75, 3.05) is 0 Å². The molecular weight excluding hydrogens is 253 g/mol. The van der Waals surface area contributed by atoms with E-state index in [1.165, 1.54) is 0 Å². The molecule has 0 amide bonds. The molecule has 0 aliphatic heterocycles. The van der Waals surface area contributed by atoms with E-state index in [1.807, 2.05) is 0 Å². The first-order valence-corrected chi connectivity index (χ1v) is 4.61. The number of rotatable bonds is 1. The molecule has 1 aromatic carbocycles. The van der Waals surface area contributed by atoms with Crippen LogP contribution < -0.4 is 11.2 Å². The van der Waals surface area contributed by atoms with Crippen LogP contribution >= 0.6 is 0 Å². The van der Waals surface area contributed by atoms with Crippen molar-refractivity contribution >= 4 is 0 Å². The average Bonchev–Trinajstić information content (AvgIpc) is 2.31. The fourth-order valence-electron chi connectivity index (χ4n) is 1.37. The van der Waals surface area contributed by atoms with Gasteiger partial charge in [-0.3, -0.25) is 9.78 Å². The molecule has 0 aliphatic rings.